The van der Waals surface area contributed by atoms with Crippen molar-refractivity contribution in [1.82, 2.24) is 9.97 Å². The second-order valence-corrected chi connectivity index (χ2v) is 5.33. The number of carbonyl (C=O) groups excluding carboxylic acids is 1. The summed E-state index contributed by atoms with van der Waals surface area (Å²) in [4.78, 5) is 21.2. The number of nitrogens with zero attached hydrogens (tertiary/aromatic N) is 2. The number of carbonyl (C=O) groups is 1. The van der Waals surface area contributed by atoms with Crippen LogP contribution < -0.4 is 4.74 Å². The molecule has 3 rings (SSSR count). The minimum Gasteiger partial charge on any atom is -0.467 e. The number of halogens is 1. The van der Waals surface area contributed by atoms with Crippen LogP contribution in [0.25, 0.3) is 10.9 Å². The van der Waals surface area contributed by atoms with Crippen LogP contribution in [0.3, 0.4) is 0 Å². The van der Waals surface area contributed by atoms with E-state index in [-0.39, 0.29) is 11.8 Å². The zero-order valence-electron chi connectivity index (χ0n) is 11.2. The summed E-state index contributed by atoms with van der Waals surface area (Å²) in [6.45, 7) is 0. The summed E-state index contributed by atoms with van der Waals surface area (Å²) < 4.78 is 6.01. The Bertz CT molecular complexity index is 816. The number of benzene rings is 2. The summed E-state index contributed by atoms with van der Waals surface area (Å²) in [5, 5.41) is 0.714. The van der Waals surface area contributed by atoms with E-state index < -0.39 is 0 Å². The lowest BCUT2D eigenvalue weighted by Gasteiger charge is -2.07. The van der Waals surface area contributed by atoms with E-state index in [1.165, 1.54) is 7.11 Å². The van der Waals surface area contributed by atoms with E-state index in [9.17, 15) is 4.79 Å². The van der Waals surface area contributed by atoms with Gasteiger partial charge in [-0.3, -0.25) is 4.79 Å². The normalized spacial score (nSPS) is 10.6. The van der Waals surface area contributed by atoms with Crippen LogP contribution in [0, 0.1) is 0 Å². The van der Waals surface area contributed by atoms with Crippen molar-refractivity contribution in [2.24, 2.45) is 0 Å². The van der Waals surface area contributed by atoms with Crippen molar-refractivity contribution < 1.29 is 9.53 Å². The maximum atomic E-state index is 12.7. The van der Waals surface area contributed by atoms with Crippen molar-refractivity contribution in [2.45, 2.75) is 0 Å². The largest absolute Gasteiger partial charge is 0.467 e. The van der Waals surface area contributed by atoms with Gasteiger partial charge in [-0.25, -0.2) is 0 Å². The number of ether oxygens (including phenoxy) is 1. The molecule has 0 saturated carbocycles. The third-order valence-electron chi connectivity index (χ3n) is 3.09. The number of rotatable bonds is 3. The fourth-order valence-corrected chi connectivity index (χ4v) is 2.32. The highest BCUT2D eigenvalue weighted by molar-refractivity contribution is 9.10. The Labute approximate surface area is 129 Å². The first-order chi connectivity index (χ1) is 10.2. The van der Waals surface area contributed by atoms with Crippen LogP contribution in [-0.2, 0) is 0 Å². The van der Waals surface area contributed by atoms with E-state index in [1.807, 2.05) is 36.4 Å². The second-order valence-electron chi connectivity index (χ2n) is 4.41. The number of hydrogen-bond donors (Lipinski definition) is 0. The maximum absolute atomic E-state index is 12.7. The van der Waals surface area contributed by atoms with Crippen molar-refractivity contribution in [2.75, 3.05) is 7.11 Å². The molecule has 0 saturated heterocycles. The van der Waals surface area contributed by atoms with Gasteiger partial charge in [0.05, 0.1) is 12.6 Å². The zero-order chi connectivity index (χ0) is 14.8. The van der Waals surface area contributed by atoms with Crippen LogP contribution in [0.5, 0.6) is 6.01 Å². The molecule has 0 aliphatic rings. The molecule has 0 radical (unpaired) electrons. The van der Waals surface area contributed by atoms with E-state index >= 15 is 0 Å². The lowest BCUT2D eigenvalue weighted by molar-refractivity contribution is 0.103. The highest BCUT2D eigenvalue weighted by Gasteiger charge is 2.16. The first-order valence-electron chi connectivity index (χ1n) is 6.30. The Hall–Kier alpha value is -2.27. The van der Waals surface area contributed by atoms with Gasteiger partial charge in [-0.05, 0) is 30.3 Å². The predicted molar refractivity (Wildman–Crippen MR) is 83.7 cm³/mol. The number of fused-ring (bicyclic) bond motifs is 1. The zero-order valence-corrected chi connectivity index (χ0v) is 12.8. The molecule has 0 atom stereocenters. The molecule has 0 bridgehead atoms. The van der Waals surface area contributed by atoms with Crippen molar-refractivity contribution >= 4 is 32.6 Å². The summed E-state index contributed by atoms with van der Waals surface area (Å²) >= 11 is 3.36. The molecule has 5 heteroatoms. The fraction of sp³-hybridized carbons (Fsp3) is 0.0625. The quantitative estimate of drug-likeness (QED) is 0.682. The van der Waals surface area contributed by atoms with Gasteiger partial charge >= 0.3 is 6.01 Å². The highest BCUT2D eigenvalue weighted by atomic mass is 79.9. The molecule has 4 nitrogen and oxygen atoms in total. The monoisotopic (exact) mass is 342 g/mol. The first kappa shape index (κ1) is 13.7. The van der Waals surface area contributed by atoms with Gasteiger partial charge in [0.15, 0.2) is 0 Å². The van der Waals surface area contributed by atoms with E-state index in [4.69, 9.17) is 4.74 Å². The Morgan fingerprint density at radius 3 is 2.48 bits per heavy atom. The van der Waals surface area contributed by atoms with Gasteiger partial charge in [0.1, 0.15) is 5.69 Å². The third kappa shape index (κ3) is 2.64. The second kappa shape index (κ2) is 5.61. The molecule has 0 spiro atoms. The lowest BCUT2D eigenvalue weighted by Crippen LogP contribution is -2.07. The van der Waals surface area contributed by atoms with E-state index in [2.05, 4.69) is 25.9 Å². The van der Waals surface area contributed by atoms with Gasteiger partial charge in [0.2, 0.25) is 5.78 Å². The van der Waals surface area contributed by atoms with Gasteiger partial charge in [-0.15, -0.1) is 0 Å². The average Bonchev–Trinajstić information content (AvgIpc) is 2.53. The molecular formula is C16H11BrN2O2. The molecule has 0 fully saturated rings. The molecular weight excluding hydrogens is 332 g/mol. The summed E-state index contributed by atoms with van der Waals surface area (Å²) in [6.07, 6.45) is 0. The van der Waals surface area contributed by atoms with Crippen LogP contribution >= 0.6 is 15.9 Å². The minimum atomic E-state index is -0.153. The van der Waals surface area contributed by atoms with E-state index in [1.54, 1.807) is 12.1 Å². The topological polar surface area (TPSA) is 52.1 Å². The molecule has 0 unspecified atom stereocenters. The van der Waals surface area contributed by atoms with E-state index in [0.717, 1.165) is 4.47 Å². The van der Waals surface area contributed by atoms with Gasteiger partial charge in [-0.2, -0.15) is 9.97 Å². The first-order valence-corrected chi connectivity index (χ1v) is 7.09. The average molecular weight is 343 g/mol. The standard InChI is InChI=1S/C16H11BrN2O2/c1-21-16-18-13-5-3-2-4-12(13)14(19-16)15(20)10-6-8-11(17)9-7-10/h2-9H,1H3. The molecule has 104 valence electrons. The van der Waals surface area contributed by atoms with Crippen LogP contribution in [0.4, 0.5) is 0 Å². The van der Waals surface area contributed by atoms with E-state index in [0.29, 0.717) is 22.2 Å². The number of ketones is 1. The molecule has 0 aliphatic carbocycles. The molecule has 0 N–H and O–H groups in total. The molecule has 0 amide bonds. The minimum absolute atomic E-state index is 0.153. The summed E-state index contributed by atoms with van der Waals surface area (Å²) in [6, 6.07) is 14.7. The predicted octanol–water partition coefficient (Wildman–Crippen LogP) is 3.63. The summed E-state index contributed by atoms with van der Waals surface area (Å²) in [7, 11) is 1.48. The number of hydrogen-bond acceptors (Lipinski definition) is 4. The summed E-state index contributed by atoms with van der Waals surface area (Å²) in [5.41, 5.74) is 1.61. The molecule has 1 aromatic heterocycles. The van der Waals surface area contributed by atoms with Gasteiger partial charge in [0, 0.05) is 15.4 Å². The number of aromatic nitrogens is 2. The Balaban J connectivity index is 2.18. The van der Waals surface area contributed by atoms with Crippen molar-refractivity contribution in [3.63, 3.8) is 0 Å². The van der Waals surface area contributed by atoms with Gasteiger partial charge in [-0.1, -0.05) is 34.1 Å². The summed E-state index contributed by atoms with van der Waals surface area (Å²) in [5.74, 6) is -0.153. The van der Waals surface area contributed by atoms with Crippen molar-refractivity contribution in [1.29, 1.82) is 0 Å². The SMILES string of the molecule is COc1nc(C(=O)c2ccc(Br)cc2)c2ccccc2n1. The van der Waals surface area contributed by atoms with Crippen LogP contribution in [0.1, 0.15) is 16.1 Å². The van der Waals surface area contributed by atoms with Crippen molar-refractivity contribution in [3.05, 3.63) is 64.3 Å². The Kier molecular flexibility index (Phi) is 3.66. The van der Waals surface area contributed by atoms with Gasteiger partial charge in [0.25, 0.3) is 0 Å². The van der Waals surface area contributed by atoms with Crippen LogP contribution in [0.15, 0.2) is 53.0 Å². The Morgan fingerprint density at radius 1 is 1.05 bits per heavy atom. The molecule has 1 heterocycles. The highest BCUT2D eigenvalue weighted by Crippen LogP contribution is 2.22. The number of methoxy groups -OCH3 is 1. The smallest absolute Gasteiger partial charge is 0.317 e. The van der Waals surface area contributed by atoms with Crippen molar-refractivity contribution in [3.8, 4) is 6.01 Å². The van der Waals surface area contributed by atoms with Crippen LogP contribution in [-0.4, -0.2) is 22.9 Å². The van der Waals surface area contributed by atoms with Crippen LogP contribution in [0.2, 0.25) is 0 Å². The Morgan fingerprint density at radius 2 is 1.76 bits per heavy atom. The van der Waals surface area contributed by atoms with Gasteiger partial charge < -0.3 is 4.74 Å². The number of para-hydroxylation sites is 1. The fourth-order valence-electron chi connectivity index (χ4n) is 2.06. The molecule has 2 aromatic carbocycles. The lowest BCUT2D eigenvalue weighted by atomic mass is 10.0. The molecule has 0 aliphatic heterocycles. The molecule has 21 heavy (non-hydrogen) atoms. The maximum Gasteiger partial charge on any atom is 0.317 e. The third-order valence-corrected chi connectivity index (χ3v) is 3.62. The molecule has 3 aromatic rings.